The Balaban J connectivity index is 0.00000289. The normalized spacial score (nSPS) is 23.6. The van der Waals surface area contributed by atoms with Crippen LogP contribution >= 0.6 is 12.4 Å². The molecule has 1 fully saturated rings. The molecule has 0 bridgehead atoms. The number of piperidine rings is 1. The number of nitrogens with zero attached hydrogens (tertiary/aromatic N) is 1. The second-order valence-corrected chi connectivity index (χ2v) is 4.90. The van der Waals surface area contributed by atoms with Crippen LogP contribution in [0.5, 0.6) is 0 Å². The Bertz CT molecular complexity index is 284. The average molecular weight is 290 g/mol. The number of carboxylic acids is 1. The van der Waals surface area contributed by atoms with Gasteiger partial charge in [0, 0.05) is 6.54 Å². The molecular weight excluding hydrogens is 271 g/mol. The summed E-state index contributed by atoms with van der Waals surface area (Å²) < 4.78 is 37.8. The quantitative estimate of drug-likeness (QED) is 0.868. The lowest BCUT2D eigenvalue weighted by Crippen LogP contribution is -2.51. The first-order valence-electron chi connectivity index (χ1n) is 5.77. The van der Waals surface area contributed by atoms with Crippen LogP contribution in [0.25, 0.3) is 0 Å². The number of hydrogen-bond donors (Lipinski definition) is 1. The molecule has 0 aromatic rings. The molecule has 0 aromatic heterocycles. The van der Waals surface area contributed by atoms with Crippen molar-refractivity contribution < 1.29 is 23.1 Å². The Hall–Kier alpha value is -0.490. The fourth-order valence-electron chi connectivity index (χ4n) is 2.39. The zero-order chi connectivity index (χ0) is 13.2. The van der Waals surface area contributed by atoms with Crippen LogP contribution in [-0.2, 0) is 4.79 Å². The van der Waals surface area contributed by atoms with Gasteiger partial charge in [-0.1, -0.05) is 13.8 Å². The SMILES string of the molecule is CC(C)C(C(=O)O)N1CCCC(C(F)(F)F)C1.Cl. The van der Waals surface area contributed by atoms with Gasteiger partial charge in [0.25, 0.3) is 0 Å². The van der Waals surface area contributed by atoms with Crippen molar-refractivity contribution in [2.45, 2.75) is 38.9 Å². The Labute approximate surface area is 111 Å². The van der Waals surface area contributed by atoms with Crippen LogP contribution in [0.1, 0.15) is 26.7 Å². The minimum absolute atomic E-state index is 0. The predicted molar refractivity (Wildman–Crippen MR) is 63.9 cm³/mol. The van der Waals surface area contributed by atoms with Gasteiger partial charge in [-0.2, -0.15) is 13.2 Å². The van der Waals surface area contributed by atoms with Gasteiger partial charge in [0.15, 0.2) is 0 Å². The second-order valence-electron chi connectivity index (χ2n) is 4.90. The van der Waals surface area contributed by atoms with Gasteiger partial charge in [0.2, 0.25) is 0 Å². The smallest absolute Gasteiger partial charge is 0.393 e. The lowest BCUT2D eigenvalue weighted by molar-refractivity contribution is -0.191. The molecule has 2 atom stereocenters. The number of hydrogen-bond acceptors (Lipinski definition) is 2. The van der Waals surface area contributed by atoms with E-state index in [2.05, 4.69) is 0 Å². The number of likely N-dealkylation sites (tertiary alicyclic amines) is 1. The topological polar surface area (TPSA) is 40.5 Å². The molecule has 0 aliphatic carbocycles. The van der Waals surface area contributed by atoms with E-state index in [1.54, 1.807) is 13.8 Å². The molecule has 0 saturated carbocycles. The summed E-state index contributed by atoms with van der Waals surface area (Å²) in [6.07, 6.45) is -3.72. The van der Waals surface area contributed by atoms with E-state index in [0.29, 0.717) is 13.0 Å². The first kappa shape index (κ1) is 17.5. The fourth-order valence-corrected chi connectivity index (χ4v) is 2.39. The number of carbonyl (C=O) groups is 1. The van der Waals surface area contributed by atoms with Crippen LogP contribution < -0.4 is 0 Å². The van der Waals surface area contributed by atoms with Gasteiger partial charge in [-0.3, -0.25) is 9.69 Å². The number of aliphatic carboxylic acids is 1. The molecule has 1 rings (SSSR count). The summed E-state index contributed by atoms with van der Waals surface area (Å²) in [5.41, 5.74) is 0. The summed E-state index contributed by atoms with van der Waals surface area (Å²) >= 11 is 0. The molecule has 1 N–H and O–H groups in total. The molecule has 0 spiro atoms. The van der Waals surface area contributed by atoms with Crippen LogP contribution in [0, 0.1) is 11.8 Å². The molecule has 3 nitrogen and oxygen atoms in total. The second kappa shape index (κ2) is 6.61. The van der Waals surface area contributed by atoms with Crippen LogP contribution in [0.2, 0.25) is 0 Å². The zero-order valence-electron chi connectivity index (χ0n) is 10.4. The monoisotopic (exact) mass is 289 g/mol. The Morgan fingerprint density at radius 1 is 1.39 bits per heavy atom. The Morgan fingerprint density at radius 2 is 1.94 bits per heavy atom. The van der Waals surface area contributed by atoms with E-state index in [1.165, 1.54) is 4.90 Å². The average Bonchev–Trinajstić information content (AvgIpc) is 2.15. The lowest BCUT2D eigenvalue weighted by Gasteiger charge is -2.38. The van der Waals surface area contributed by atoms with Crippen molar-refractivity contribution in [1.82, 2.24) is 4.90 Å². The highest BCUT2D eigenvalue weighted by molar-refractivity contribution is 5.85. The highest BCUT2D eigenvalue weighted by Crippen LogP contribution is 2.34. The third-order valence-corrected chi connectivity index (χ3v) is 3.19. The van der Waals surface area contributed by atoms with Crippen LogP contribution in [0.4, 0.5) is 13.2 Å². The Morgan fingerprint density at radius 3 is 2.33 bits per heavy atom. The molecule has 1 aliphatic rings. The van der Waals surface area contributed by atoms with Gasteiger partial charge in [0.05, 0.1) is 5.92 Å². The van der Waals surface area contributed by atoms with Crippen molar-refractivity contribution in [2.75, 3.05) is 13.1 Å². The molecule has 7 heteroatoms. The molecule has 1 aliphatic heterocycles. The van der Waals surface area contributed by atoms with Gasteiger partial charge in [-0.15, -0.1) is 12.4 Å². The maximum absolute atomic E-state index is 12.6. The number of rotatable bonds is 3. The van der Waals surface area contributed by atoms with Crippen LogP contribution in [0.3, 0.4) is 0 Å². The van der Waals surface area contributed by atoms with E-state index in [0.717, 1.165) is 0 Å². The lowest BCUT2D eigenvalue weighted by atomic mass is 9.93. The highest BCUT2D eigenvalue weighted by Gasteiger charge is 2.44. The Kier molecular flexibility index (Phi) is 6.43. The molecular formula is C11H19ClF3NO2. The first-order valence-corrected chi connectivity index (χ1v) is 5.77. The number of carboxylic acid groups (broad SMARTS) is 1. The highest BCUT2D eigenvalue weighted by atomic mass is 35.5. The molecule has 108 valence electrons. The van der Waals surface area contributed by atoms with Crippen molar-refractivity contribution in [1.29, 1.82) is 0 Å². The summed E-state index contributed by atoms with van der Waals surface area (Å²) in [7, 11) is 0. The third kappa shape index (κ3) is 4.31. The van der Waals surface area contributed by atoms with Crippen molar-refractivity contribution in [3.05, 3.63) is 0 Å². The zero-order valence-corrected chi connectivity index (χ0v) is 11.2. The molecule has 2 unspecified atom stereocenters. The maximum atomic E-state index is 12.6. The minimum Gasteiger partial charge on any atom is -0.480 e. The molecule has 1 heterocycles. The van der Waals surface area contributed by atoms with Gasteiger partial charge in [-0.25, -0.2) is 0 Å². The summed E-state index contributed by atoms with van der Waals surface area (Å²) in [5, 5.41) is 9.06. The summed E-state index contributed by atoms with van der Waals surface area (Å²) in [6.45, 7) is 3.67. The van der Waals surface area contributed by atoms with Crippen molar-refractivity contribution >= 4 is 18.4 Å². The summed E-state index contributed by atoms with van der Waals surface area (Å²) in [4.78, 5) is 12.5. The van der Waals surface area contributed by atoms with Gasteiger partial charge in [-0.05, 0) is 25.3 Å². The van der Waals surface area contributed by atoms with E-state index in [4.69, 9.17) is 5.11 Å². The van der Waals surface area contributed by atoms with Crippen molar-refractivity contribution in [3.63, 3.8) is 0 Å². The van der Waals surface area contributed by atoms with Crippen LogP contribution in [0.15, 0.2) is 0 Å². The molecule has 0 aromatic carbocycles. The maximum Gasteiger partial charge on any atom is 0.393 e. The molecule has 18 heavy (non-hydrogen) atoms. The van der Waals surface area contributed by atoms with Gasteiger partial charge >= 0.3 is 12.1 Å². The van der Waals surface area contributed by atoms with E-state index >= 15 is 0 Å². The third-order valence-electron chi connectivity index (χ3n) is 3.19. The van der Waals surface area contributed by atoms with Crippen molar-refractivity contribution in [2.24, 2.45) is 11.8 Å². The van der Waals surface area contributed by atoms with Crippen LogP contribution in [-0.4, -0.2) is 41.3 Å². The number of alkyl halides is 3. The van der Waals surface area contributed by atoms with E-state index in [9.17, 15) is 18.0 Å². The van der Waals surface area contributed by atoms with Crippen molar-refractivity contribution in [3.8, 4) is 0 Å². The van der Waals surface area contributed by atoms with E-state index in [-0.39, 0.29) is 31.3 Å². The molecule has 1 saturated heterocycles. The number of halogens is 4. The largest absolute Gasteiger partial charge is 0.480 e. The first-order chi connectivity index (χ1) is 7.73. The minimum atomic E-state index is -4.22. The van der Waals surface area contributed by atoms with Gasteiger partial charge < -0.3 is 5.11 Å². The summed E-state index contributed by atoms with van der Waals surface area (Å²) in [6, 6.07) is -0.819. The summed E-state index contributed by atoms with van der Waals surface area (Å²) in [5.74, 6) is -2.63. The standard InChI is InChI=1S/C11H18F3NO2.ClH/c1-7(2)9(10(16)17)15-5-3-4-8(6-15)11(12,13)14;/h7-9H,3-6H2,1-2H3,(H,16,17);1H. The van der Waals surface area contributed by atoms with E-state index in [1.807, 2.05) is 0 Å². The fraction of sp³-hybridized carbons (Fsp3) is 0.909. The molecule has 0 amide bonds. The van der Waals surface area contributed by atoms with Gasteiger partial charge in [0.1, 0.15) is 6.04 Å². The molecule has 0 radical (unpaired) electrons. The van der Waals surface area contributed by atoms with E-state index < -0.39 is 24.1 Å². The predicted octanol–water partition coefficient (Wildman–Crippen LogP) is 2.79.